The SMILES string of the molecule is CCN(CC)C(=O)c1cc(Cl)c(OCCC(C)C)c(OC)c1. The number of carbonyl (C=O) groups excluding carboxylic acids is 1. The minimum Gasteiger partial charge on any atom is -0.493 e. The van der Waals surface area contributed by atoms with Crippen LogP contribution in [0.3, 0.4) is 0 Å². The standard InChI is InChI=1S/C17H26ClNO3/c1-6-19(7-2)17(20)13-10-14(18)16(15(11-13)21-5)22-9-8-12(3)4/h10-12H,6-9H2,1-5H3. The first-order valence-corrected chi connectivity index (χ1v) is 8.11. The number of benzene rings is 1. The minimum atomic E-state index is -0.0565. The van der Waals surface area contributed by atoms with Crippen molar-refractivity contribution < 1.29 is 14.3 Å². The fourth-order valence-electron chi connectivity index (χ4n) is 2.07. The molecule has 1 aromatic rings. The smallest absolute Gasteiger partial charge is 0.254 e. The zero-order chi connectivity index (χ0) is 16.7. The highest BCUT2D eigenvalue weighted by Gasteiger charge is 2.18. The summed E-state index contributed by atoms with van der Waals surface area (Å²) in [7, 11) is 1.55. The molecule has 0 bridgehead atoms. The van der Waals surface area contributed by atoms with E-state index in [1.54, 1.807) is 24.1 Å². The monoisotopic (exact) mass is 327 g/mol. The summed E-state index contributed by atoms with van der Waals surface area (Å²) in [6, 6.07) is 3.34. The molecule has 0 N–H and O–H groups in total. The molecular weight excluding hydrogens is 302 g/mol. The lowest BCUT2D eigenvalue weighted by atomic mass is 10.1. The summed E-state index contributed by atoms with van der Waals surface area (Å²) in [5.74, 6) is 1.49. The van der Waals surface area contributed by atoms with Crippen molar-refractivity contribution in [3.05, 3.63) is 22.7 Å². The maximum absolute atomic E-state index is 12.4. The van der Waals surface area contributed by atoms with Gasteiger partial charge in [0.2, 0.25) is 0 Å². The third-order valence-corrected chi connectivity index (χ3v) is 3.75. The molecule has 0 saturated carbocycles. The molecule has 0 heterocycles. The van der Waals surface area contributed by atoms with Crippen molar-refractivity contribution >= 4 is 17.5 Å². The topological polar surface area (TPSA) is 38.8 Å². The Labute approximate surface area is 138 Å². The van der Waals surface area contributed by atoms with Crippen LogP contribution in [0, 0.1) is 5.92 Å². The van der Waals surface area contributed by atoms with Crippen LogP contribution in [-0.4, -0.2) is 37.6 Å². The number of ether oxygens (including phenoxy) is 2. The second-order valence-electron chi connectivity index (χ2n) is 5.50. The van der Waals surface area contributed by atoms with Gasteiger partial charge in [-0.1, -0.05) is 25.4 Å². The van der Waals surface area contributed by atoms with Crippen molar-refractivity contribution in [2.75, 3.05) is 26.8 Å². The molecule has 1 amide bonds. The van der Waals surface area contributed by atoms with E-state index in [0.717, 1.165) is 6.42 Å². The van der Waals surface area contributed by atoms with Gasteiger partial charge in [0.15, 0.2) is 11.5 Å². The highest BCUT2D eigenvalue weighted by atomic mass is 35.5. The summed E-state index contributed by atoms with van der Waals surface area (Å²) in [6.07, 6.45) is 0.930. The molecule has 4 nitrogen and oxygen atoms in total. The van der Waals surface area contributed by atoms with Crippen LogP contribution in [0.2, 0.25) is 5.02 Å². The fourth-order valence-corrected chi connectivity index (χ4v) is 2.34. The van der Waals surface area contributed by atoms with E-state index in [1.165, 1.54) is 0 Å². The van der Waals surface area contributed by atoms with E-state index in [-0.39, 0.29) is 5.91 Å². The van der Waals surface area contributed by atoms with Crippen LogP contribution in [0.4, 0.5) is 0 Å². The molecule has 0 unspecified atom stereocenters. The molecule has 0 aliphatic rings. The first kappa shape index (κ1) is 18.6. The third-order valence-electron chi connectivity index (χ3n) is 3.47. The Balaban J connectivity index is 3.01. The first-order valence-electron chi connectivity index (χ1n) is 7.74. The molecule has 124 valence electrons. The van der Waals surface area contributed by atoms with E-state index in [0.29, 0.717) is 47.7 Å². The maximum atomic E-state index is 12.4. The van der Waals surface area contributed by atoms with Crippen LogP contribution in [0.5, 0.6) is 11.5 Å². The van der Waals surface area contributed by atoms with E-state index < -0.39 is 0 Å². The van der Waals surface area contributed by atoms with E-state index in [2.05, 4.69) is 13.8 Å². The summed E-state index contributed by atoms with van der Waals surface area (Å²) < 4.78 is 11.1. The second kappa shape index (κ2) is 8.89. The van der Waals surface area contributed by atoms with Gasteiger partial charge in [0.25, 0.3) is 5.91 Å². The molecule has 22 heavy (non-hydrogen) atoms. The van der Waals surface area contributed by atoms with Crippen LogP contribution in [0.1, 0.15) is 44.5 Å². The third kappa shape index (κ3) is 4.80. The van der Waals surface area contributed by atoms with Gasteiger partial charge in [0.1, 0.15) is 0 Å². The molecule has 1 rings (SSSR count). The van der Waals surface area contributed by atoms with Gasteiger partial charge in [0, 0.05) is 18.7 Å². The summed E-state index contributed by atoms with van der Waals surface area (Å²) >= 11 is 6.29. The summed E-state index contributed by atoms with van der Waals surface area (Å²) in [5, 5.41) is 0.401. The van der Waals surface area contributed by atoms with Crippen LogP contribution in [-0.2, 0) is 0 Å². The van der Waals surface area contributed by atoms with Crippen molar-refractivity contribution in [1.29, 1.82) is 0 Å². The number of hydrogen-bond acceptors (Lipinski definition) is 3. The van der Waals surface area contributed by atoms with Gasteiger partial charge >= 0.3 is 0 Å². The Bertz CT molecular complexity index is 499. The summed E-state index contributed by atoms with van der Waals surface area (Å²) in [6.45, 7) is 10.0. The zero-order valence-electron chi connectivity index (χ0n) is 14.1. The number of rotatable bonds is 8. The Morgan fingerprint density at radius 2 is 1.91 bits per heavy atom. The van der Waals surface area contributed by atoms with Crippen molar-refractivity contribution in [2.45, 2.75) is 34.1 Å². The average molecular weight is 328 g/mol. The molecule has 1 aromatic carbocycles. The number of halogens is 1. The van der Waals surface area contributed by atoms with Gasteiger partial charge in [-0.3, -0.25) is 4.79 Å². The Kier molecular flexibility index (Phi) is 7.52. The number of hydrogen-bond donors (Lipinski definition) is 0. The normalized spacial score (nSPS) is 10.7. The molecular formula is C17H26ClNO3. The van der Waals surface area contributed by atoms with Gasteiger partial charge in [-0.15, -0.1) is 0 Å². The molecule has 5 heteroatoms. The molecule has 0 aromatic heterocycles. The van der Waals surface area contributed by atoms with Crippen molar-refractivity contribution in [3.63, 3.8) is 0 Å². The molecule has 0 atom stereocenters. The zero-order valence-corrected chi connectivity index (χ0v) is 14.9. The summed E-state index contributed by atoms with van der Waals surface area (Å²) in [5.41, 5.74) is 0.516. The van der Waals surface area contributed by atoms with Crippen LogP contribution in [0.15, 0.2) is 12.1 Å². The molecule has 0 aliphatic heterocycles. The van der Waals surface area contributed by atoms with Gasteiger partial charge in [-0.25, -0.2) is 0 Å². The van der Waals surface area contributed by atoms with E-state index in [9.17, 15) is 4.79 Å². The quantitative estimate of drug-likeness (QED) is 0.716. The predicted octanol–water partition coefficient (Wildman–Crippen LogP) is 4.26. The number of carbonyl (C=O) groups is 1. The van der Waals surface area contributed by atoms with Crippen molar-refractivity contribution in [2.24, 2.45) is 5.92 Å². The Morgan fingerprint density at radius 1 is 1.27 bits per heavy atom. The van der Waals surface area contributed by atoms with Gasteiger partial charge in [0.05, 0.1) is 18.7 Å². The number of methoxy groups -OCH3 is 1. The molecule has 0 saturated heterocycles. The fraction of sp³-hybridized carbons (Fsp3) is 0.588. The Morgan fingerprint density at radius 3 is 2.41 bits per heavy atom. The van der Waals surface area contributed by atoms with Gasteiger partial charge < -0.3 is 14.4 Å². The largest absolute Gasteiger partial charge is 0.493 e. The van der Waals surface area contributed by atoms with E-state index in [1.807, 2.05) is 13.8 Å². The number of amides is 1. The van der Waals surface area contributed by atoms with Crippen molar-refractivity contribution in [3.8, 4) is 11.5 Å². The van der Waals surface area contributed by atoms with Crippen LogP contribution in [0.25, 0.3) is 0 Å². The number of nitrogens with zero attached hydrogens (tertiary/aromatic N) is 1. The summed E-state index contributed by atoms with van der Waals surface area (Å²) in [4.78, 5) is 14.2. The minimum absolute atomic E-state index is 0.0565. The lowest BCUT2D eigenvalue weighted by Gasteiger charge is -2.20. The van der Waals surface area contributed by atoms with E-state index >= 15 is 0 Å². The average Bonchev–Trinajstić information content (AvgIpc) is 2.49. The second-order valence-corrected chi connectivity index (χ2v) is 5.91. The first-order chi connectivity index (χ1) is 10.4. The molecule has 0 fully saturated rings. The highest BCUT2D eigenvalue weighted by molar-refractivity contribution is 6.32. The molecule has 0 spiro atoms. The van der Waals surface area contributed by atoms with Crippen LogP contribution >= 0.6 is 11.6 Å². The van der Waals surface area contributed by atoms with Crippen molar-refractivity contribution in [1.82, 2.24) is 4.90 Å². The lowest BCUT2D eigenvalue weighted by molar-refractivity contribution is 0.0772. The highest BCUT2D eigenvalue weighted by Crippen LogP contribution is 2.37. The molecule has 0 radical (unpaired) electrons. The van der Waals surface area contributed by atoms with Gasteiger partial charge in [-0.05, 0) is 38.3 Å². The molecule has 0 aliphatic carbocycles. The van der Waals surface area contributed by atoms with E-state index in [4.69, 9.17) is 21.1 Å². The van der Waals surface area contributed by atoms with Crippen LogP contribution < -0.4 is 9.47 Å². The lowest BCUT2D eigenvalue weighted by Crippen LogP contribution is -2.30. The Hall–Kier alpha value is -1.42. The maximum Gasteiger partial charge on any atom is 0.254 e. The predicted molar refractivity (Wildman–Crippen MR) is 90.2 cm³/mol. The van der Waals surface area contributed by atoms with Gasteiger partial charge in [-0.2, -0.15) is 0 Å².